The first-order valence-corrected chi connectivity index (χ1v) is 11.4. The van der Waals surface area contributed by atoms with Gasteiger partial charge in [0.25, 0.3) is 0 Å². The van der Waals surface area contributed by atoms with Crippen molar-refractivity contribution in [1.29, 1.82) is 0 Å². The molecular formula is C19H26F3N3O5S. The van der Waals surface area contributed by atoms with Crippen LogP contribution in [0.5, 0.6) is 0 Å². The number of likely N-dealkylation sites (N-methyl/N-ethyl adjacent to an activating group) is 1. The summed E-state index contributed by atoms with van der Waals surface area (Å²) in [6.07, 6.45) is -3.28. The van der Waals surface area contributed by atoms with Crippen LogP contribution >= 0.6 is 0 Å². The number of alkyl halides is 3. The first-order chi connectivity index (χ1) is 14.2. The Labute approximate surface area is 179 Å². The summed E-state index contributed by atoms with van der Waals surface area (Å²) in [6, 6.07) is 7.75. The van der Waals surface area contributed by atoms with Crippen molar-refractivity contribution in [2.75, 3.05) is 26.4 Å². The average molecular weight is 465 g/mol. The Morgan fingerprint density at radius 3 is 2.19 bits per heavy atom. The molecule has 3 atom stereocenters. The number of carbonyl (C=O) groups is 2. The van der Waals surface area contributed by atoms with E-state index in [9.17, 15) is 26.4 Å². The molecule has 174 valence electrons. The van der Waals surface area contributed by atoms with Gasteiger partial charge in [0.1, 0.15) is 6.04 Å². The van der Waals surface area contributed by atoms with Gasteiger partial charge in [-0.1, -0.05) is 29.8 Å². The summed E-state index contributed by atoms with van der Waals surface area (Å²) in [5.74, 6) is -2.75. The van der Waals surface area contributed by atoms with Crippen molar-refractivity contribution in [3.8, 4) is 0 Å². The number of aryl methyl sites for hydroxylation is 1. The number of sulfonamides is 1. The summed E-state index contributed by atoms with van der Waals surface area (Å²) < 4.78 is 57.6. The summed E-state index contributed by atoms with van der Waals surface area (Å²) in [5, 5.41) is 9.72. The predicted octanol–water partition coefficient (Wildman–Crippen LogP) is 1.21. The van der Waals surface area contributed by atoms with E-state index < -0.39 is 28.2 Å². The zero-order valence-corrected chi connectivity index (χ0v) is 18.2. The lowest BCUT2D eigenvalue weighted by molar-refractivity contribution is -0.192. The summed E-state index contributed by atoms with van der Waals surface area (Å²) in [6.45, 7) is 4.39. The highest BCUT2D eigenvalue weighted by atomic mass is 32.2. The Kier molecular flexibility index (Phi) is 7.71. The van der Waals surface area contributed by atoms with E-state index >= 15 is 0 Å². The van der Waals surface area contributed by atoms with Crippen LogP contribution in [-0.2, 0) is 26.2 Å². The first kappa shape index (κ1) is 25.1. The Bertz CT molecular complexity index is 905. The highest BCUT2D eigenvalue weighted by Gasteiger charge is 2.52. The smallest absolute Gasteiger partial charge is 0.475 e. The lowest BCUT2D eigenvalue weighted by Gasteiger charge is -2.27. The topological polar surface area (TPSA) is 107 Å². The zero-order chi connectivity index (χ0) is 23.6. The Morgan fingerprint density at radius 1 is 1.19 bits per heavy atom. The quantitative estimate of drug-likeness (QED) is 0.692. The van der Waals surface area contributed by atoms with Crippen LogP contribution in [0.2, 0.25) is 0 Å². The molecule has 12 heteroatoms. The molecule has 2 N–H and O–H groups in total. The van der Waals surface area contributed by atoms with E-state index in [2.05, 4.69) is 41.4 Å². The number of nitrogens with one attached hydrogen (secondary N) is 1. The summed E-state index contributed by atoms with van der Waals surface area (Å²) >= 11 is 0. The van der Waals surface area contributed by atoms with Crippen LogP contribution in [0.3, 0.4) is 0 Å². The van der Waals surface area contributed by atoms with Crippen LogP contribution in [-0.4, -0.2) is 79.3 Å². The standard InChI is InChI=1S/C17H25N3O3S.C2HF3O2/c1-12-4-6-13(7-5-12)9-19-10-14-8-15(17(21)18-2)20(16(14)11-19)24(3,22)23;3-2(4,5)1(6)7/h4-7,14-16H,8-11H2,1-3H3,(H,18,21);(H,6,7)/t14-,15-,16+;/m1./s1. The van der Waals surface area contributed by atoms with Gasteiger partial charge >= 0.3 is 12.1 Å². The minimum absolute atomic E-state index is 0.104. The van der Waals surface area contributed by atoms with Gasteiger partial charge in [0.15, 0.2) is 0 Å². The SMILES string of the molecule is CNC(=O)[C@H]1C[C@@H]2CN(Cc3ccc(C)cc3)C[C@@H]2N1S(C)(=O)=O.O=C(O)C(F)(F)F. The largest absolute Gasteiger partial charge is 0.490 e. The third-order valence-electron chi connectivity index (χ3n) is 5.34. The van der Waals surface area contributed by atoms with E-state index in [4.69, 9.17) is 9.90 Å². The molecule has 1 aromatic rings. The van der Waals surface area contributed by atoms with Crippen molar-refractivity contribution in [1.82, 2.24) is 14.5 Å². The maximum absolute atomic E-state index is 12.2. The highest BCUT2D eigenvalue weighted by molar-refractivity contribution is 7.88. The summed E-state index contributed by atoms with van der Waals surface area (Å²) in [7, 11) is -1.86. The number of fused-ring (bicyclic) bond motifs is 1. The van der Waals surface area contributed by atoms with Crippen LogP contribution in [0, 0.1) is 12.8 Å². The molecule has 0 radical (unpaired) electrons. The van der Waals surface area contributed by atoms with Crippen molar-refractivity contribution in [2.24, 2.45) is 5.92 Å². The van der Waals surface area contributed by atoms with Gasteiger partial charge in [-0.15, -0.1) is 0 Å². The van der Waals surface area contributed by atoms with E-state index in [1.165, 1.54) is 21.7 Å². The fraction of sp³-hybridized carbons (Fsp3) is 0.579. The fourth-order valence-corrected chi connectivity index (χ4v) is 5.40. The molecule has 2 heterocycles. The number of hydrogen-bond donors (Lipinski definition) is 2. The van der Waals surface area contributed by atoms with Crippen LogP contribution in [0.4, 0.5) is 13.2 Å². The maximum atomic E-state index is 12.2. The number of likely N-dealkylation sites (tertiary alicyclic amines) is 1. The minimum Gasteiger partial charge on any atom is -0.475 e. The number of amides is 1. The van der Waals surface area contributed by atoms with Gasteiger partial charge in [0, 0.05) is 32.7 Å². The molecule has 0 aliphatic carbocycles. The molecule has 8 nitrogen and oxygen atoms in total. The van der Waals surface area contributed by atoms with Crippen molar-refractivity contribution in [3.63, 3.8) is 0 Å². The molecule has 1 aromatic carbocycles. The van der Waals surface area contributed by atoms with Crippen LogP contribution < -0.4 is 5.32 Å². The predicted molar refractivity (Wildman–Crippen MR) is 107 cm³/mol. The molecule has 0 bridgehead atoms. The molecule has 3 rings (SSSR count). The number of benzene rings is 1. The summed E-state index contributed by atoms with van der Waals surface area (Å²) in [4.78, 5) is 23.3. The van der Waals surface area contributed by atoms with Crippen LogP contribution in [0.25, 0.3) is 0 Å². The van der Waals surface area contributed by atoms with E-state index in [0.29, 0.717) is 13.0 Å². The van der Waals surface area contributed by atoms with Crippen LogP contribution in [0.1, 0.15) is 17.5 Å². The fourth-order valence-electron chi connectivity index (χ4n) is 4.03. The molecule has 1 amide bonds. The Morgan fingerprint density at radius 2 is 1.74 bits per heavy atom. The average Bonchev–Trinajstić information content (AvgIpc) is 3.19. The van der Waals surface area contributed by atoms with Gasteiger partial charge in [0.05, 0.1) is 6.26 Å². The second-order valence-corrected chi connectivity index (χ2v) is 9.66. The number of nitrogens with zero attached hydrogens (tertiary/aromatic N) is 2. The molecule has 0 spiro atoms. The van der Waals surface area contributed by atoms with E-state index in [0.717, 1.165) is 13.1 Å². The minimum atomic E-state index is -5.08. The lowest BCUT2D eigenvalue weighted by Crippen LogP contribution is -2.49. The molecule has 0 saturated carbocycles. The number of rotatable bonds is 4. The molecule has 0 aromatic heterocycles. The van der Waals surface area contributed by atoms with E-state index in [1.807, 2.05) is 0 Å². The molecule has 2 aliphatic heterocycles. The molecule has 2 aliphatic rings. The lowest BCUT2D eigenvalue weighted by atomic mass is 10.0. The second-order valence-electron chi connectivity index (χ2n) is 7.77. The number of halogens is 3. The van der Waals surface area contributed by atoms with Crippen LogP contribution in [0.15, 0.2) is 24.3 Å². The molecule has 0 unspecified atom stereocenters. The van der Waals surface area contributed by atoms with Crippen molar-refractivity contribution in [3.05, 3.63) is 35.4 Å². The van der Waals surface area contributed by atoms with Gasteiger partial charge in [-0.3, -0.25) is 9.69 Å². The number of aliphatic carboxylic acids is 1. The molecule has 31 heavy (non-hydrogen) atoms. The molecule has 2 fully saturated rings. The third-order valence-corrected chi connectivity index (χ3v) is 6.63. The number of carbonyl (C=O) groups excluding carboxylic acids is 1. The maximum Gasteiger partial charge on any atom is 0.490 e. The highest BCUT2D eigenvalue weighted by Crippen LogP contribution is 2.38. The molecule has 2 saturated heterocycles. The Hall–Kier alpha value is -2.18. The molecular weight excluding hydrogens is 439 g/mol. The summed E-state index contributed by atoms with van der Waals surface area (Å²) in [5.41, 5.74) is 2.46. The van der Waals surface area contributed by atoms with E-state index in [1.54, 1.807) is 7.05 Å². The first-order valence-electron chi connectivity index (χ1n) is 9.52. The van der Waals surface area contributed by atoms with Crippen molar-refractivity contribution < 1.29 is 36.3 Å². The second kappa shape index (κ2) is 9.53. The van der Waals surface area contributed by atoms with Gasteiger partial charge in [-0.25, -0.2) is 13.2 Å². The number of hydrogen-bond acceptors (Lipinski definition) is 5. The van der Waals surface area contributed by atoms with Crippen molar-refractivity contribution in [2.45, 2.75) is 38.1 Å². The van der Waals surface area contributed by atoms with Gasteiger partial charge in [-0.2, -0.15) is 17.5 Å². The van der Waals surface area contributed by atoms with Gasteiger partial charge in [-0.05, 0) is 24.8 Å². The Balaban J connectivity index is 0.000000423. The van der Waals surface area contributed by atoms with Gasteiger partial charge in [0.2, 0.25) is 15.9 Å². The monoisotopic (exact) mass is 465 g/mol. The van der Waals surface area contributed by atoms with Gasteiger partial charge < -0.3 is 10.4 Å². The number of carboxylic acids is 1. The zero-order valence-electron chi connectivity index (χ0n) is 17.4. The normalized spacial score (nSPS) is 24.3. The van der Waals surface area contributed by atoms with E-state index in [-0.39, 0.29) is 17.9 Å². The number of carboxylic acid groups (broad SMARTS) is 1. The van der Waals surface area contributed by atoms with Crippen molar-refractivity contribution >= 4 is 21.9 Å². The third kappa shape index (κ3) is 6.40.